The van der Waals surface area contributed by atoms with Gasteiger partial charge in [-0.2, -0.15) is 4.31 Å². The van der Waals surface area contributed by atoms with E-state index in [0.29, 0.717) is 12.1 Å². The van der Waals surface area contributed by atoms with Crippen LogP contribution in [0.3, 0.4) is 0 Å². The van der Waals surface area contributed by atoms with E-state index in [1.807, 2.05) is 0 Å². The second kappa shape index (κ2) is 7.11. The molecule has 136 valence electrons. The summed E-state index contributed by atoms with van der Waals surface area (Å²) in [5.41, 5.74) is 0.449. The molecule has 2 saturated heterocycles. The standard InChI is InChI=1S/C16H22N4O4S/c1-19(13-6-7-17-10-13)16(22)12-2-4-14(5-3-12)25(23,24)20-9-8-18-15(21)11-20/h2-5,13,17H,6-11H2,1H3,(H,18,21). The van der Waals surface area contributed by atoms with Crippen molar-refractivity contribution in [2.24, 2.45) is 0 Å². The number of piperazine rings is 1. The molecule has 2 aliphatic heterocycles. The first-order valence-electron chi connectivity index (χ1n) is 8.24. The Morgan fingerprint density at radius 3 is 2.56 bits per heavy atom. The van der Waals surface area contributed by atoms with Gasteiger partial charge in [0.15, 0.2) is 0 Å². The third-order valence-electron chi connectivity index (χ3n) is 4.64. The number of nitrogens with zero attached hydrogens (tertiary/aromatic N) is 2. The number of nitrogens with one attached hydrogen (secondary N) is 2. The predicted octanol–water partition coefficient (Wildman–Crippen LogP) is -0.759. The first kappa shape index (κ1) is 17.8. The van der Waals surface area contributed by atoms with Crippen LogP contribution in [0, 0.1) is 0 Å². The normalized spacial score (nSPS) is 21.8. The Kier molecular flexibility index (Phi) is 5.07. The maximum absolute atomic E-state index is 12.6. The molecule has 2 fully saturated rings. The minimum Gasteiger partial charge on any atom is -0.354 e. The van der Waals surface area contributed by atoms with E-state index in [0.717, 1.165) is 23.8 Å². The van der Waals surface area contributed by atoms with Crippen LogP contribution in [0.15, 0.2) is 29.2 Å². The van der Waals surface area contributed by atoms with Crippen molar-refractivity contribution in [2.75, 3.05) is 39.8 Å². The lowest BCUT2D eigenvalue weighted by Crippen LogP contribution is -2.49. The molecule has 0 bridgehead atoms. The van der Waals surface area contributed by atoms with Crippen LogP contribution in [0.5, 0.6) is 0 Å². The van der Waals surface area contributed by atoms with Gasteiger partial charge in [0.1, 0.15) is 0 Å². The maximum Gasteiger partial charge on any atom is 0.253 e. The molecule has 1 unspecified atom stereocenters. The lowest BCUT2D eigenvalue weighted by molar-refractivity contribution is -0.122. The van der Waals surface area contributed by atoms with E-state index in [9.17, 15) is 18.0 Å². The molecule has 0 aliphatic carbocycles. The summed E-state index contributed by atoms with van der Waals surface area (Å²) >= 11 is 0. The van der Waals surface area contributed by atoms with Crippen molar-refractivity contribution in [2.45, 2.75) is 17.4 Å². The highest BCUT2D eigenvalue weighted by Gasteiger charge is 2.29. The summed E-state index contributed by atoms with van der Waals surface area (Å²) < 4.78 is 26.4. The van der Waals surface area contributed by atoms with Crippen molar-refractivity contribution >= 4 is 21.8 Å². The molecule has 1 aromatic rings. The lowest BCUT2D eigenvalue weighted by atomic mass is 10.1. The van der Waals surface area contributed by atoms with Crippen molar-refractivity contribution < 1.29 is 18.0 Å². The fourth-order valence-corrected chi connectivity index (χ4v) is 4.48. The Morgan fingerprint density at radius 2 is 1.96 bits per heavy atom. The zero-order valence-electron chi connectivity index (χ0n) is 14.1. The molecular formula is C16H22N4O4S. The number of rotatable bonds is 4. The molecule has 1 atom stereocenters. The third-order valence-corrected chi connectivity index (χ3v) is 6.50. The van der Waals surface area contributed by atoms with Crippen LogP contribution in [0.1, 0.15) is 16.8 Å². The number of amides is 2. The van der Waals surface area contributed by atoms with Crippen LogP contribution in [0.25, 0.3) is 0 Å². The summed E-state index contributed by atoms with van der Waals surface area (Å²) in [7, 11) is -1.97. The summed E-state index contributed by atoms with van der Waals surface area (Å²) in [6.45, 7) is 2.02. The van der Waals surface area contributed by atoms with Crippen molar-refractivity contribution in [1.29, 1.82) is 0 Å². The van der Waals surface area contributed by atoms with Gasteiger partial charge < -0.3 is 15.5 Å². The van der Waals surface area contributed by atoms with Gasteiger partial charge in [-0.1, -0.05) is 0 Å². The molecule has 2 amide bonds. The van der Waals surface area contributed by atoms with E-state index in [2.05, 4.69) is 10.6 Å². The van der Waals surface area contributed by atoms with Gasteiger partial charge in [-0.05, 0) is 37.2 Å². The van der Waals surface area contributed by atoms with E-state index in [4.69, 9.17) is 0 Å². The molecule has 3 rings (SSSR count). The van der Waals surface area contributed by atoms with Crippen LogP contribution < -0.4 is 10.6 Å². The summed E-state index contributed by atoms with van der Waals surface area (Å²) in [5, 5.41) is 5.82. The quantitative estimate of drug-likeness (QED) is 0.730. The fourth-order valence-electron chi connectivity index (χ4n) is 3.08. The van der Waals surface area contributed by atoms with Crippen LogP contribution in [0.4, 0.5) is 0 Å². The van der Waals surface area contributed by atoms with Gasteiger partial charge >= 0.3 is 0 Å². The van der Waals surface area contributed by atoms with Crippen LogP contribution in [0.2, 0.25) is 0 Å². The smallest absolute Gasteiger partial charge is 0.253 e. The predicted molar refractivity (Wildman–Crippen MR) is 91.6 cm³/mol. The summed E-state index contributed by atoms with van der Waals surface area (Å²) in [6, 6.07) is 6.06. The van der Waals surface area contributed by atoms with Gasteiger partial charge in [0, 0.05) is 38.3 Å². The van der Waals surface area contributed by atoms with E-state index in [1.165, 1.54) is 24.3 Å². The average Bonchev–Trinajstić information content (AvgIpc) is 3.15. The van der Waals surface area contributed by atoms with Crippen molar-refractivity contribution in [3.8, 4) is 0 Å². The number of hydrogen-bond donors (Lipinski definition) is 2. The molecule has 2 aliphatic rings. The van der Waals surface area contributed by atoms with Crippen LogP contribution >= 0.6 is 0 Å². The number of benzene rings is 1. The molecule has 8 nitrogen and oxygen atoms in total. The monoisotopic (exact) mass is 366 g/mol. The Hall–Kier alpha value is -1.97. The number of hydrogen-bond acceptors (Lipinski definition) is 5. The highest BCUT2D eigenvalue weighted by molar-refractivity contribution is 7.89. The Labute approximate surface area is 147 Å². The number of carbonyl (C=O) groups excluding carboxylic acids is 2. The summed E-state index contributed by atoms with van der Waals surface area (Å²) in [5.74, 6) is -0.441. The van der Waals surface area contributed by atoms with Gasteiger partial charge in [0.25, 0.3) is 5.91 Å². The van der Waals surface area contributed by atoms with Gasteiger partial charge in [0.05, 0.1) is 11.4 Å². The van der Waals surface area contributed by atoms with Crippen LogP contribution in [-0.4, -0.2) is 75.3 Å². The second-order valence-electron chi connectivity index (χ2n) is 6.28. The third kappa shape index (κ3) is 3.68. The van der Waals surface area contributed by atoms with Gasteiger partial charge in [-0.15, -0.1) is 0 Å². The highest BCUT2D eigenvalue weighted by Crippen LogP contribution is 2.18. The van der Waals surface area contributed by atoms with E-state index in [1.54, 1.807) is 11.9 Å². The number of sulfonamides is 1. The number of carbonyl (C=O) groups is 2. The van der Waals surface area contributed by atoms with E-state index < -0.39 is 10.0 Å². The van der Waals surface area contributed by atoms with Crippen molar-refractivity contribution in [3.63, 3.8) is 0 Å². The maximum atomic E-state index is 12.6. The summed E-state index contributed by atoms with van der Waals surface area (Å²) in [4.78, 5) is 25.7. The molecule has 0 spiro atoms. The summed E-state index contributed by atoms with van der Waals surface area (Å²) in [6.07, 6.45) is 0.908. The number of likely N-dealkylation sites (N-methyl/N-ethyl adjacent to an activating group) is 1. The molecule has 9 heteroatoms. The molecule has 0 saturated carbocycles. The average molecular weight is 366 g/mol. The molecule has 0 aromatic heterocycles. The molecule has 0 radical (unpaired) electrons. The Bertz CT molecular complexity index is 757. The Balaban J connectivity index is 1.75. The molecular weight excluding hydrogens is 344 g/mol. The molecule has 2 heterocycles. The SMILES string of the molecule is CN(C(=O)c1ccc(S(=O)(=O)N2CCNC(=O)C2)cc1)C1CCNC1. The minimum absolute atomic E-state index is 0.0870. The zero-order valence-corrected chi connectivity index (χ0v) is 14.9. The van der Waals surface area contributed by atoms with Gasteiger partial charge in [0.2, 0.25) is 15.9 Å². The van der Waals surface area contributed by atoms with Gasteiger partial charge in [-0.25, -0.2) is 8.42 Å². The molecule has 1 aromatic carbocycles. The van der Waals surface area contributed by atoms with Gasteiger partial charge in [-0.3, -0.25) is 9.59 Å². The van der Waals surface area contributed by atoms with Crippen LogP contribution in [-0.2, 0) is 14.8 Å². The highest BCUT2D eigenvalue weighted by atomic mass is 32.2. The molecule has 2 N–H and O–H groups in total. The zero-order chi connectivity index (χ0) is 18.0. The largest absolute Gasteiger partial charge is 0.354 e. The first-order chi connectivity index (χ1) is 11.9. The topological polar surface area (TPSA) is 98.8 Å². The van der Waals surface area contributed by atoms with Crippen molar-refractivity contribution in [1.82, 2.24) is 19.8 Å². The van der Waals surface area contributed by atoms with Crippen molar-refractivity contribution in [3.05, 3.63) is 29.8 Å². The lowest BCUT2D eigenvalue weighted by Gasteiger charge is -2.26. The fraction of sp³-hybridized carbons (Fsp3) is 0.500. The van der Waals surface area contributed by atoms with E-state index >= 15 is 0 Å². The second-order valence-corrected chi connectivity index (χ2v) is 8.21. The minimum atomic E-state index is -3.74. The first-order valence-corrected chi connectivity index (χ1v) is 9.68. The van der Waals surface area contributed by atoms with E-state index in [-0.39, 0.29) is 35.8 Å². The molecule has 25 heavy (non-hydrogen) atoms. The Morgan fingerprint density at radius 1 is 1.24 bits per heavy atom.